The molecule has 0 N–H and O–H groups in total. The lowest BCUT2D eigenvalue weighted by atomic mass is 10.1. The number of nitro groups is 1. The third-order valence-corrected chi connectivity index (χ3v) is 3.83. The maximum Gasteiger partial charge on any atom is 0.338 e. The van der Waals surface area contributed by atoms with E-state index in [4.69, 9.17) is 4.74 Å². The maximum absolute atomic E-state index is 12.1. The Balaban J connectivity index is 1.75. The molecule has 0 spiro atoms. The van der Waals surface area contributed by atoms with E-state index in [1.165, 1.54) is 12.1 Å². The van der Waals surface area contributed by atoms with Crippen molar-refractivity contribution in [2.45, 2.75) is 13.5 Å². The van der Waals surface area contributed by atoms with E-state index >= 15 is 0 Å². The van der Waals surface area contributed by atoms with Crippen LogP contribution in [0.3, 0.4) is 0 Å². The zero-order valence-corrected chi connectivity index (χ0v) is 13.1. The van der Waals surface area contributed by atoms with Gasteiger partial charge in [0.1, 0.15) is 6.61 Å². The minimum Gasteiger partial charge on any atom is -0.457 e. The number of benzene rings is 3. The summed E-state index contributed by atoms with van der Waals surface area (Å²) in [6.45, 7) is 1.74. The number of nitro benzene ring substituents is 1. The molecule has 0 radical (unpaired) electrons. The quantitative estimate of drug-likeness (QED) is 0.405. The Morgan fingerprint density at radius 3 is 2.54 bits per heavy atom. The van der Waals surface area contributed by atoms with Crippen molar-refractivity contribution < 1.29 is 14.5 Å². The zero-order valence-electron chi connectivity index (χ0n) is 13.1. The van der Waals surface area contributed by atoms with Gasteiger partial charge in [-0.25, -0.2) is 4.79 Å². The molecule has 3 rings (SSSR count). The van der Waals surface area contributed by atoms with Gasteiger partial charge in [0.2, 0.25) is 0 Å². The van der Waals surface area contributed by atoms with Crippen LogP contribution in [0.4, 0.5) is 5.69 Å². The molecule has 0 saturated heterocycles. The number of hydrogen-bond acceptors (Lipinski definition) is 4. The number of esters is 1. The summed E-state index contributed by atoms with van der Waals surface area (Å²) in [5.41, 5.74) is 1.46. The van der Waals surface area contributed by atoms with Crippen molar-refractivity contribution in [3.8, 4) is 0 Å². The van der Waals surface area contributed by atoms with Crippen molar-refractivity contribution in [2.75, 3.05) is 0 Å². The van der Waals surface area contributed by atoms with Gasteiger partial charge in [-0.05, 0) is 35.4 Å². The number of hydrogen-bond donors (Lipinski definition) is 0. The predicted octanol–water partition coefficient (Wildman–Crippen LogP) is 4.41. The highest BCUT2D eigenvalue weighted by atomic mass is 16.6. The molecular formula is C19H15NO4. The van der Waals surface area contributed by atoms with Crippen LogP contribution < -0.4 is 0 Å². The second-order valence-electron chi connectivity index (χ2n) is 5.52. The number of rotatable bonds is 4. The van der Waals surface area contributed by atoms with Crippen molar-refractivity contribution in [3.63, 3.8) is 0 Å². The first-order valence-electron chi connectivity index (χ1n) is 7.44. The van der Waals surface area contributed by atoms with E-state index in [0.29, 0.717) is 5.56 Å². The van der Waals surface area contributed by atoms with Crippen molar-refractivity contribution in [1.29, 1.82) is 0 Å². The van der Waals surface area contributed by atoms with E-state index in [2.05, 4.69) is 0 Å². The lowest BCUT2D eigenvalue weighted by Crippen LogP contribution is -2.06. The number of carbonyl (C=O) groups excluding carboxylic acids is 1. The summed E-state index contributed by atoms with van der Waals surface area (Å²) < 4.78 is 5.28. The molecule has 0 aliphatic heterocycles. The van der Waals surface area contributed by atoms with Gasteiger partial charge in [0.05, 0.1) is 10.5 Å². The molecule has 0 heterocycles. The highest BCUT2D eigenvalue weighted by Crippen LogP contribution is 2.21. The number of aryl methyl sites for hydroxylation is 1. The van der Waals surface area contributed by atoms with Crippen molar-refractivity contribution in [3.05, 3.63) is 87.5 Å². The number of nitrogens with zero attached hydrogens (tertiary/aromatic N) is 1. The van der Waals surface area contributed by atoms with E-state index in [1.807, 2.05) is 42.5 Å². The molecule has 0 bridgehead atoms. The van der Waals surface area contributed by atoms with Crippen LogP contribution in [0, 0.1) is 17.0 Å². The van der Waals surface area contributed by atoms with Crippen LogP contribution in [-0.2, 0) is 11.3 Å². The van der Waals surface area contributed by atoms with Gasteiger partial charge in [0.25, 0.3) is 5.69 Å². The summed E-state index contributed by atoms with van der Waals surface area (Å²) in [6, 6.07) is 18.1. The second-order valence-corrected chi connectivity index (χ2v) is 5.52. The van der Waals surface area contributed by atoms with Gasteiger partial charge in [-0.1, -0.05) is 42.5 Å². The minimum absolute atomic E-state index is 0.0878. The van der Waals surface area contributed by atoms with E-state index in [0.717, 1.165) is 16.3 Å². The molecule has 0 fully saturated rings. The van der Waals surface area contributed by atoms with E-state index in [1.54, 1.807) is 13.0 Å². The molecule has 5 nitrogen and oxygen atoms in total. The largest absolute Gasteiger partial charge is 0.457 e. The Morgan fingerprint density at radius 1 is 1.04 bits per heavy atom. The molecule has 0 amide bonds. The molecule has 0 aromatic heterocycles. The van der Waals surface area contributed by atoms with E-state index < -0.39 is 10.9 Å². The average Bonchev–Trinajstić information content (AvgIpc) is 2.59. The Hall–Kier alpha value is -3.21. The third kappa shape index (κ3) is 3.25. The Labute approximate surface area is 138 Å². The average molecular weight is 321 g/mol. The summed E-state index contributed by atoms with van der Waals surface area (Å²) >= 11 is 0. The fourth-order valence-corrected chi connectivity index (χ4v) is 2.49. The second kappa shape index (κ2) is 6.50. The fraction of sp³-hybridized carbons (Fsp3) is 0.105. The van der Waals surface area contributed by atoms with Crippen LogP contribution in [0.1, 0.15) is 21.5 Å². The lowest BCUT2D eigenvalue weighted by molar-refractivity contribution is -0.385. The predicted molar refractivity (Wildman–Crippen MR) is 90.9 cm³/mol. The SMILES string of the molecule is Cc1ccc(C(=O)OCc2ccc3ccccc3c2)cc1[N+](=O)[O-]. The third-order valence-electron chi connectivity index (χ3n) is 3.83. The summed E-state index contributed by atoms with van der Waals surface area (Å²) in [5, 5.41) is 13.1. The molecule has 3 aromatic carbocycles. The highest BCUT2D eigenvalue weighted by Gasteiger charge is 2.16. The van der Waals surface area contributed by atoms with E-state index in [-0.39, 0.29) is 17.9 Å². The highest BCUT2D eigenvalue weighted by molar-refractivity contribution is 5.90. The van der Waals surface area contributed by atoms with Crippen LogP contribution in [0.5, 0.6) is 0 Å². The first-order valence-corrected chi connectivity index (χ1v) is 7.44. The van der Waals surface area contributed by atoms with Crippen LogP contribution in [-0.4, -0.2) is 10.9 Å². The molecule has 0 aliphatic carbocycles. The van der Waals surface area contributed by atoms with Gasteiger partial charge in [-0.15, -0.1) is 0 Å². The van der Waals surface area contributed by atoms with Crippen LogP contribution >= 0.6 is 0 Å². The van der Waals surface area contributed by atoms with Crippen LogP contribution in [0.15, 0.2) is 60.7 Å². The molecule has 24 heavy (non-hydrogen) atoms. The van der Waals surface area contributed by atoms with Crippen LogP contribution in [0.2, 0.25) is 0 Å². The molecule has 120 valence electrons. The maximum atomic E-state index is 12.1. The summed E-state index contributed by atoms with van der Waals surface area (Å²) in [5.74, 6) is -0.578. The van der Waals surface area contributed by atoms with Gasteiger partial charge < -0.3 is 4.74 Å². The number of fused-ring (bicyclic) bond motifs is 1. The van der Waals surface area contributed by atoms with Gasteiger partial charge in [0.15, 0.2) is 0 Å². The molecule has 0 aliphatic rings. The fourth-order valence-electron chi connectivity index (χ4n) is 2.49. The van der Waals surface area contributed by atoms with Crippen molar-refractivity contribution in [2.24, 2.45) is 0 Å². The Bertz CT molecular complexity index is 934. The minimum atomic E-state index is -0.578. The van der Waals surface area contributed by atoms with Crippen molar-refractivity contribution >= 4 is 22.4 Å². The smallest absolute Gasteiger partial charge is 0.338 e. The number of carbonyl (C=O) groups is 1. The normalized spacial score (nSPS) is 10.5. The van der Waals surface area contributed by atoms with Gasteiger partial charge in [0, 0.05) is 11.6 Å². The van der Waals surface area contributed by atoms with Gasteiger partial charge in [-0.3, -0.25) is 10.1 Å². The zero-order chi connectivity index (χ0) is 17.1. The topological polar surface area (TPSA) is 69.4 Å². The summed E-state index contributed by atoms with van der Waals surface area (Å²) in [7, 11) is 0. The number of ether oxygens (including phenoxy) is 1. The molecule has 0 saturated carbocycles. The van der Waals surface area contributed by atoms with Gasteiger partial charge in [-0.2, -0.15) is 0 Å². The van der Waals surface area contributed by atoms with E-state index in [9.17, 15) is 14.9 Å². The standard InChI is InChI=1S/C19H15NO4/c1-13-6-8-17(11-18(13)20(22)23)19(21)24-12-14-7-9-15-4-2-3-5-16(15)10-14/h2-11H,12H2,1H3. The first-order chi connectivity index (χ1) is 11.5. The molecular weight excluding hydrogens is 306 g/mol. The molecule has 0 unspecified atom stereocenters. The summed E-state index contributed by atoms with van der Waals surface area (Å²) in [6.07, 6.45) is 0. The lowest BCUT2D eigenvalue weighted by Gasteiger charge is -2.07. The molecule has 0 atom stereocenters. The monoisotopic (exact) mass is 321 g/mol. The summed E-state index contributed by atoms with van der Waals surface area (Å²) in [4.78, 5) is 22.6. The first kappa shape index (κ1) is 15.7. The van der Waals surface area contributed by atoms with Crippen LogP contribution in [0.25, 0.3) is 10.8 Å². The molecule has 5 heteroatoms. The Morgan fingerprint density at radius 2 is 1.79 bits per heavy atom. The molecule has 3 aromatic rings. The van der Waals surface area contributed by atoms with Gasteiger partial charge >= 0.3 is 5.97 Å². The van der Waals surface area contributed by atoms with Crippen molar-refractivity contribution in [1.82, 2.24) is 0 Å². The Kier molecular flexibility index (Phi) is 4.24.